The van der Waals surface area contributed by atoms with Crippen molar-refractivity contribution in [2.75, 3.05) is 24.7 Å². The van der Waals surface area contributed by atoms with Gasteiger partial charge >= 0.3 is 5.97 Å². The lowest BCUT2D eigenvalue weighted by Gasteiger charge is -2.40. The maximum atomic E-state index is 14.8. The fourth-order valence-corrected chi connectivity index (χ4v) is 9.48. The van der Waals surface area contributed by atoms with E-state index in [2.05, 4.69) is 13.2 Å². The van der Waals surface area contributed by atoms with Crippen LogP contribution in [0.15, 0.2) is 67.8 Å². The van der Waals surface area contributed by atoms with Gasteiger partial charge in [0.05, 0.1) is 29.2 Å². The molecule has 2 aromatic rings. The molecule has 3 saturated heterocycles. The summed E-state index contributed by atoms with van der Waals surface area (Å²) in [5, 5.41) is 12.5. The molecular weight excluding hydrogens is 524 g/mol. The van der Waals surface area contributed by atoms with E-state index in [1.54, 1.807) is 27.6 Å². The molecule has 3 aliphatic rings. The Morgan fingerprint density at radius 1 is 1.18 bits per heavy atom. The lowest BCUT2D eigenvalue weighted by Crippen LogP contribution is -2.58. The van der Waals surface area contributed by atoms with Crippen LogP contribution < -0.4 is 4.90 Å². The molecule has 3 aliphatic heterocycles. The number of aliphatic hydroxyl groups is 1. The first-order chi connectivity index (χ1) is 19.1. The molecule has 212 valence electrons. The number of benzene rings is 2. The molecule has 3 fully saturated rings. The van der Waals surface area contributed by atoms with Crippen LogP contribution in [0.4, 0.5) is 5.69 Å². The lowest BCUT2D eigenvalue weighted by molar-refractivity contribution is -0.155. The number of amides is 2. The molecule has 2 bridgehead atoms. The Kier molecular flexibility index (Phi) is 7.61. The Bertz CT molecular complexity index is 1360. The SMILES string of the molecule is C=CCOC(=O)[C@H]1[C@H]2C(=O)N([C@@H](CO)C(C)C)C(C(=O)N(CC=C)c3ccc4ccccc4c3)C23CC[C@]1(C)S3. The fourth-order valence-electron chi connectivity index (χ4n) is 7.15. The minimum atomic E-state index is -0.847. The summed E-state index contributed by atoms with van der Waals surface area (Å²) in [6, 6.07) is 12.4. The van der Waals surface area contributed by atoms with Gasteiger partial charge in [-0.3, -0.25) is 14.4 Å². The molecule has 0 radical (unpaired) electrons. The van der Waals surface area contributed by atoms with Crippen molar-refractivity contribution in [2.45, 2.75) is 55.2 Å². The van der Waals surface area contributed by atoms with E-state index in [1.807, 2.05) is 63.2 Å². The third-order valence-corrected chi connectivity index (χ3v) is 11.0. The molecule has 8 heteroatoms. The number of carbonyl (C=O) groups is 3. The Balaban J connectivity index is 1.63. The van der Waals surface area contributed by atoms with Gasteiger partial charge < -0.3 is 19.6 Å². The number of ether oxygens (including phenoxy) is 1. The Hall–Kier alpha value is -3.10. The zero-order chi connectivity index (χ0) is 28.8. The molecule has 5 rings (SSSR count). The molecule has 6 atom stereocenters. The Labute approximate surface area is 240 Å². The van der Waals surface area contributed by atoms with E-state index < -0.39 is 39.4 Å². The van der Waals surface area contributed by atoms with Gasteiger partial charge in [0.1, 0.15) is 12.6 Å². The van der Waals surface area contributed by atoms with Gasteiger partial charge in [-0.25, -0.2) is 0 Å². The number of nitrogens with zero attached hydrogens (tertiary/aromatic N) is 2. The first-order valence-corrected chi connectivity index (χ1v) is 14.8. The normalized spacial score (nSPS) is 29.5. The van der Waals surface area contributed by atoms with Gasteiger partial charge in [0.2, 0.25) is 5.91 Å². The molecule has 7 nitrogen and oxygen atoms in total. The van der Waals surface area contributed by atoms with E-state index in [4.69, 9.17) is 4.74 Å². The van der Waals surface area contributed by atoms with E-state index >= 15 is 0 Å². The molecule has 3 heterocycles. The number of carbonyl (C=O) groups excluding carboxylic acids is 3. The van der Waals surface area contributed by atoms with Gasteiger partial charge in [0.25, 0.3) is 5.91 Å². The van der Waals surface area contributed by atoms with Crippen LogP contribution >= 0.6 is 11.8 Å². The number of hydrogen-bond donors (Lipinski definition) is 1. The summed E-state index contributed by atoms with van der Waals surface area (Å²) in [6.07, 6.45) is 4.52. The van der Waals surface area contributed by atoms with E-state index in [1.165, 1.54) is 6.08 Å². The largest absolute Gasteiger partial charge is 0.461 e. The monoisotopic (exact) mass is 562 g/mol. The second kappa shape index (κ2) is 10.7. The molecule has 0 aliphatic carbocycles. The summed E-state index contributed by atoms with van der Waals surface area (Å²) in [5.41, 5.74) is 0.714. The quantitative estimate of drug-likeness (QED) is 0.337. The standard InChI is InChI=1S/C32H38N2O5S/c1-6-16-33(23-13-12-21-10-8-9-11-22(21)18-23)29(37)27-32-15-14-31(5,40-32)26(30(38)39-17-7-2)25(32)28(36)34(27)24(19-35)20(3)4/h6-13,18,20,24-27,35H,1-2,14-17,19H2,3-5H3/t24-,25-,26+,27?,31-,32?/m0/s1. The van der Waals surface area contributed by atoms with Crippen molar-refractivity contribution in [3.8, 4) is 0 Å². The highest BCUT2D eigenvalue weighted by Crippen LogP contribution is 2.72. The Morgan fingerprint density at radius 3 is 2.55 bits per heavy atom. The minimum absolute atomic E-state index is 0.0659. The highest BCUT2D eigenvalue weighted by Gasteiger charge is 2.78. The van der Waals surface area contributed by atoms with Crippen molar-refractivity contribution in [1.82, 2.24) is 4.90 Å². The molecule has 2 aromatic carbocycles. The molecular formula is C32H38N2O5S. The molecule has 2 amide bonds. The van der Waals surface area contributed by atoms with E-state index in [-0.39, 0.29) is 37.5 Å². The smallest absolute Gasteiger partial charge is 0.311 e. The van der Waals surface area contributed by atoms with Crippen molar-refractivity contribution in [3.63, 3.8) is 0 Å². The number of hydrogen-bond acceptors (Lipinski definition) is 6. The second-order valence-electron chi connectivity index (χ2n) is 11.7. The van der Waals surface area contributed by atoms with Gasteiger partial charge in [-0.15, -0.1) is 18.3 Å². The number of rotatable bonds is 10. The van der Waals surface area contributed by atoms with Gasteiger partial charge in [0.15, 0.2) is 0 Å². The van der Waals surface area contributed by atoms with Crippen LogP contribution in [0.5, 0.6) is 0 Å². The minimum Gasteiger partial charge on any atom is -0.461 e. The van der Waals surface area contributed by atoms with Crippen molar-refractivity contribution in [2.24, 2.45) is 17.8 Å². The van der Waals surface area contributed by atoms with Gasteiger partial charge in [-0.05, 0) is 48.6 Å². The first kappa shape index (κ1) is 28.4. The van der Waals surface area contributed by atoms with Crippen LogP contribution in [0.25, 0.3) is 10.8 Å². The molecule has 2 unspecified atom stereocenters. The maximum absolute atomic E-state index is 14.8. The fraction of sp³-hybridized carbons (Fsp3) is 0.469. The number of likely N-dealkylation sites (tertiary alicyclic amines) is 1. The summed E-state index contributed by atoms with van der Waals surface area (Å²) < 4.78 is 4.18. The van der Waals surface area contributed by atoms with E-state index in [9.17, 15) is 19.5 Å². The number of fused-ring (bicyclic) bond motifs is 2. The molecule has 1 N–H and O–H groups in total. The third kappa shape index (κ3) is 4.27. The summed E-state index contributed by atoms with van der Waals surface area (Å²) in [6.45, 7) is 13.5. The summed E-state index contributed by atoms with van der Waals surface area (Å²) in [4.78, 5) is 45.9. The Morgan fingerprint density at radius 2 is 1.90 bits per heavy atom. The highest BCUT2D eigenvalue weighted by atomic mass is 32.2. The highest BCUT2D eigenvalue weighted by molar-refractivity contribution is 8.02. The number of aliphatic hydroxyl groups excluding tert-OH is 1. The van der Waals surface area contributed by atoms with Crippen LogP contribution in [0.1, 0.15) is 33.6 Å². The van der Waals surface area contributed by atoms with Gasteiger partial charge in [-0.2, -0.15) is 0 Å². The summed E-state index contributed by atoms with van der Waals surface area (Å²) in [7, 11) is 0. The van der Waals surface area contributed by atoms with Crippen LogP contribution in [-0.2, 0) is 19.1 Å². The third-order valence-electron chi connectivity index (χ3n) is 8.98. The molecule has 40 heavy (non-hydrogen) atoms. The van der Waals surface area contributed by atoms with E-state index in [0.29, 0.717) is 18.5 Å². The van der Waals surface area contributed by atoms with Crippen molar-refractivity contribution in [3.05, 3.63) is 67.8 Å². The van der Waals surface area contributed by atoms with Gasteiger partial charge in [0, 0.05) is 17.0 Å². The van der Waals surface area contributed by atoms with Crippen LogP contribution in [-0.4, -0.2) is 69.1 Å². The van der Waals surface area contributed by atoms with Crippen molar-refractivity contribution >= 4 is 46.0 Å². The van der Waals surface area contributed by atoms with Crippen LogP contribution in [0.2, 0.25) is 0 Å². The first-order valence-electron chi connectivity index (χ1n) is 14.0. The number of anilines is 1. The topological polar surface area (TPSA) is 87.1 Å². The molecule has 0 saturated carbocycles. The zero-order valence-electron chi connectivity index (χ0n) is 23.4. The summed E-state index contributed by atoms with van der Waals surface area (Å²) >= 11 is 1.59. The average molecular weight is 563 g/mol. The summed E-state index contributed by atoms with van der Waals surface area (Å²) in [5.74, 6) is -2.39. The van der Waals surface area contributed by atoms with E-state index in [0.717, 1.165) is 10.8 Å². The number of thioether (sulfide) groups is 1. The van der Waals surface area contributed by atoms with Crippen molar-refractivity contribution in [1.29, 1.82) is 0 Å². The molecule has 1 spiro atoms. The van der Waals surface area contributed by atoms with Crippen LogP contribution in [0.3, 0.4) is 0 Å². The number of esters is 1. The van der Waals surface area contributed by atoms with Crippen molar-refractivity contribution < 1.29 is 24.2 Å². The van der Waals surface area contributed by atoms with Gasteiger partial charge in [-0.1, -0.05) is 62.9 Å². The molecule has 0 aromatic heterocycles. The average Bonchev–Trinajstić information content (AvgIpc) is 3.51. The van der Waals surface area contributed by atoms with Crippen LogP contribution in [0, 0.1) is 17.8 Å². The predicted molar refractivity (Wildman–Crippen MR) is 159 cm³/mol. The zero-order valence-corrected chi connectivity index (χ0v) is 24.2. The second-order valence-corrected chi connectivity index (χ2v) is 13.6. The lowest BCUT2D eigenvalue weighted by atomic mass is 9.66. The maximum Gasteiger partial charge on any atom is 0.311 e. The predicted octanol–water partition coefficient (Wildman–Crippen LogP) is 4.59.